The molecule has 0 saturated heterocycles. The summed E-state index contributed by atoms with van der Waals surface area (Å²) in [6.07, 6.45) is 5.09. The van der Waals surface area contributed by atoms with Crippen LogP contribution in [0.4, 0.5) is 0 Å². The molecule has 0 atom stereocenters. The maximum absolute atomic E-state index is 12.8. The molecule has 20 heavy (non-hydrogen) atoms. The summed E-state index contributed by atoms with van der Waals surface area (Å²) >= 11 is 0. The fraction of sp³-hybridized carbons (Fsp3) is 0.800. The fourth-order valence-corrected chi connectivity index (χ4v) is 2.67. The van der Waals surface area contributed by atoms with Crippen LogP contribution in [0.25, 0.3) is 0 Å². The Bertz CT molecular complexity index is 390. The number of nitrogens with zero attached hydrogens (tertiary/aromatic N) is 2. The molecule has 1 fully saturated rings. The van der Waals surface area contributed by atoms with Gasteiger partial charge in [0.25, 0.3) is 0 Å². The van der Waals surface area contributed by atoms with Crippen molar-refractivity contribution in [3.63, 3.8) is 0 Å². The zero-order valence-electron chi connectivity index (χ0n) is 12.6. The molecule has 0 radical (unpaired) electrons. The molecule has 0 aliphatic heterocycles. The molecule has 0 N–H and O–H groups in total. The first-order chi connectivity index (χ1) is 9.46. The number of rotatable bonds is 4. The molecule has 0 aromatic rings. The van der Waals surface area contributed by atoms with E-state index in [1.807, 2.05) is 13.8 Å². The van der Waals surface area contributed by atoms with E-state index < -0.39 is 11.4 Å². The first-order valence-corrected chi connectivity index (χ1v) is 7.26. The maximum Gasteiger partial charge on any atom is 0.325 e. The lowest BCUT2D eigenvalue weighted by Gasteiger charge is -2.33. The van der Waals surface area contributed by atoms with Gasteiger partial charge >= 0.3 is 5.97 Å². The predicted octanol–water partition coefficient (Wildman–Crippen LogP) is 2.26. The molecule has 1 rings (SSSR count). The SMILES string of the molecule is COC(=O)CN(C(=O)C1(C#N)CCCCCC1)C(C)C. The monoisotopic (exact) mass is 280 g/mol. The highest BCUT2D eigenvalue weighted by atomic mass is 16.5. The molecule has 0 unspecified atom stereocenters. The molecule has 1 aliphatic carbocycles. The van der Waals surface area contributed by atoms with Crippen molar-refractivity contribution >= 4 is 11.9 Å². The Labute approximate surface area is 120 Å². The number of carbonyl (C=O) groups is 2. The van der Waals surface area contributed by atoms with Crippen LogP contribution in [0.1, 0.15) is 52.4 Å². The third-order valence-electron chi connectivity index (χ3n) is 3.99. The topological polar surface area (TPSA) is 70.4 Å². The fourth-order valence-electron chi connectivity index (χ4n) is 2.67. The van der Waals surface area contributed by atoms with E-state index in [9.17, 15) is 14.9 Å². The normalized spacial score (nSPS) is 17.9. The van der Waals surface area contributed by atoms with Gasteiger partial charge in [-0.1, -0.05) is 25.7 Å². The summed E-state index contributed by atoms with van der Waals surface area (Å²) in [7, 11) is 1.30. The van der Waals surface area contributed by atoms with E-state index in [1.165, 1.54) is 12.0 Å². The molecule has 5 nitrogen and oxygen atoms in total. The van der Waals surface area contributed by atoms with Gasteiger partial charge in [-0.2, -0.15) is 5.26 Å². The van der Waals surface area contributed by atoms with Crippen LogP contribution >= 0.6 is 0 Å². The molecule has 0 spiro atoms. The van der Waals surface area contributed by atoms with Crippen LogP contribution in [0.3, 0.4) is 0 Å². The number of hydrogen-bond donors (Lipinski definition) is 0. The molecule has 0 bridgehead atoms. The lowest BCUT2D eigenvalue weighted by Crippen LogP contribution is -2.48. The minimum Gasteiger partial charge on any atom is -0.468 e. The highest BCUT2D eigenvalue weighted by molar-refractivity contribution is 5.88. The van der Waals surface area contributed by atoms with Crippen molar-refractivity contribution in [2.45, 2.75) is 58.4 Å². The van der Waals surface area contributed by atoms with Gasteiger partial charge in [0.05, 0.1) is 13.2 Å². The van der Waals surface area contributed by atoms with Crippen LogP contribution < -0.4 is 0 Å². The highest BCUT2D eigenvalue weighted by Gasteiger charge is 2.42. The second kappa shape index (κ2) is 7.28. The lowest BCUT2D eigenvalue weighted by atomic mass is 9.80. The Hall–Kier alpha value is -1.57. The average Bonchev–Trinajstić information content (AvgIpc) is 2.69. The zero-order valence-corrected chi connectivity index (χ0v) is 12.6. The van der Waals surface area contributed by atoms with Gasteiger partial charge in [-0.25, -0.2) is 0 Å². The number of methoxy groups -OCH3 is 1. The molecule has 0 aromatic carbocycles. The minimum atomic E-state index is -0.964. The molecule has 0 aromatic heterocycles. The summed E-state index contributed by atoms with van der Waals surface area (Å²) < 4.78 is 4.64. The molecule has 5 heteroatoms. The van der Waals surface area contributed by atoms with Gasteiger partial charge in [-0.15, -0.1) is 0 Å². The second-order valence-corrected chi connectivity index (χ2v) is 5.71. The van der Waals surface area contributed by atoms with E-state index in [0.29, 0.717) is 12.8 Å². The largest absolute Gasteiger partial charge is 0.468 e. The maximum atomic E-state index is 12.8. The third kappa shape index (κ3) is 3.72. The number of nitriles is 1. The third-order valence-corrected chi connectivity index (χ3v) is 3.99. The quantitative estimate of drug-likeness (QED) is 0.585. The van der Waals surface area contributed by atoms with Gasteiger partial charge in [0.2, 0.25) is 5.91 Å². The molecule has 0 heterocycles. The minimum absolute atomic E-state index is 0.0869. The van der Waals surface area contributed by atoms with Crippen molar-refractivity contribution in [3.8, 4) is 6.07 Å². The van der Waals surface area contributed by atoms with Crippen LogP contribution in [0.5, 0.6) is 0 Å². The summed E-state index contributed by atoms with van der Waals surface area (Å²) in [5.41, 5.74) is -0.964. The van der Waals surface area contributed by atoms with E-state index in [-0.39, 0.29) is 18.5 Å². The van der Waals surface area contributed by atoms with Crippen LogP contribution in [-0.4, -0.2) is 36.5 Å². The van der Waals surface area contributed by atoms with Crippen molar-refractivity contribution in [1.29, 1.82) is 5.26 Å². The Morgan fingerprint density at radius 2 is 1.80 bits per heavy atom. The van der Waals surface area contributed by atoms with Crippen molar-refractivity contribution in [1.82, 2.24) is 4.90 Å². The smallest absolute Gasteiger partial charge is 0.325 e. The number of esters is 1. The molecule has 1 amide bonds. The van der Waals surface area contributed by atoms with Crippen LogP contribution in [-0.2, 0) is 14.3 Å². The Morgan fingerprint density at radius 1 is 1.25 bits per heavy atom. The Balaban J connectivity index is 2.96. The van der Waals surface area contributed by atoms with Crippen molar-refractivity contribution < 1.29 is 14.3 Å². The number of hydrogen-bond acceptors (Lipinski definition) is 4. The molecular formula is C15H24N2O3. The number of carbonyl (C=O) groups excluding carboxylic acids is 2. The summed E-state index contributed by atoms with van der Waals surface area (Å²) in [6.45, 7) is 3.61. The second-order valence-electron chi connectivity index (χ2n) is 5.71. The summed E-state index contributed by atoms with van der Waals surface area (Å²) in [4.78, 5) is 25.7. The Kier molecular flexibility index (Phi) is 6.00. The zero-order chi connectivity index (χ0) is 15.2. The summed E-state index contributed by atoms with van der Waals surface area (Å²) in [6, 6.07) is 2.11. The van der Waals surface area contributed by atoms with Crippen molar-refractivity contribution in [2.75, 3.05) is 13.7 Å². The molecule has 1 aliphatic rings. The van der Waals surface area contributed by atoms with Crippen molar-refractivity contribution in [2.24, 2.45) is 5.41 Å². The summed E-state index contributed by atoms with van der Waals surface area (Å²) in [5.74, 6) is -0.670. The van der Waals surface area contributed by atoms with Crippen molar-refractivity contribution in [3.05, 3.63) is 0 Å². The van der Waals surface area contributed by atoms with E-state index in [0.717, 1.165) is 25.7 Å². The van der Waals surface area contributed by atoms with Gasteiger partial charge in [0.1, 0.15) is 12.0 Å². The molecular weight excluding hydrogens is 256 g/mol. The first-order valence-electron chi connectivity index (χ1n) is 7.26. The van der Waals surface area contributed by atoms with Crippen LogP contribution in [0.15, 0.2) is 0 Å². The molecule has 1 saturated carbocycles. The van der Waals surface area contributed by atoms with Gasteiger partial charge in [-0.05, 0) is 26.7 Å². The van der Waals surface area contributed by atoms with Gasteiger partial charge in [0, 0.05) is 6.04 Å². The number of amides is 1. The van der Waals surface area contributed by atoms with Gasteiger partial charge < -0.3 is 9.64 Å². The van der Waals surface area contributed by atoms with Crippen LogP contribution in [0, 0.1) is 16.7 Å². The predicted molar refractivity (Wildman–Crippen MR) is 74.6 cm³/mol. The summed E-state index contributed by atoms with van der Waals surface area (Å²) in [5, 5.41) is 9.55. The molecule has 112 valence electrons. The van der Waals surface area contributed by atoms with Gasteiger partial charge in [-0.3, -0.25) is 9.59 Å². The van der Waals surface area contributed by atoms with E-state index in [2.05, 4.69) is 10.8 Å². The lowest BCUT2D eigenvalue weighted by molar-refractivity contribution is -0.152. The van der Waals surface area contributed by atoms with E-state index in [1.54, 1.807) is 0 Å². The number of ether oxygens (including phenoxy) is 1. The standard InChI is InChI=1S/C15H24N2O3/c1-12(2)17(10-13(18)20-3)14(19)15(11-16)8-6-4-5-7-9-15/h12H,4-10H2,1-3H3. The first kappa shape index (κ1) is 16.5. The highest BCUT2D eigenvalue weighted by Crippen LogP contribution is 2.36. The van der Waals surface area contributed by atoms with Gasteiger partial charge in [0.15, 0.2) is 0 Å². The van der Waals surface area contributed by atoms with Crippen LogP contribution in [0.2, 0.25) is 0 Å². The van der Waals surface area contributed by atoms with E-state index >= 15 is 0 Å². The van der Waals surface area contributed by atoms with E-state index in [4.69, 9.17) is 0 Å². The average molecular weight is 280 g/mol. The Morgan fingerprint density at radius 3 is 2.20 bits per heavy atom.